The summed E-state index contributed by atoms with van der Waals surface area (Å²) in [4.78, 5) is 2.49. The fourth-order valence-corrected chi connectivity index (χ4v) is 9.87. The summed E-state index contributed by atoms with van der Waals surface area (Å²) in [7, 11) is 0. The molecular weight excluding hydrogens is 681 g/mol. The molecule has 1 aliphatic heterocycles. The Morgan fingerprint density at radius 1 is 0.429 bits per heavy atom. The molecule has 12 rings (SSSR count). The molecule has 1 aromatic heterocycles. The van der Waals surface area contributed by atoms with Crippen LogP contribution in [0.1, 0.15) is 22.3 Å². The highest BCUT2D eigenvalue weighted by Crippen LogP contribution is 2.65. The normalized spacial score (nSPS) is 15.0. The predicted octanol–water partition coefficient (Wildman–Crippen LogP) is 13.9. The van der Waals surface area contributed by atoms with E-state index in [1.165, 1.54) is 49.4 Å². The van der Waals surface area contributed by atoms with Crippen molar-refractivity contribution in [3.05, 3.63) is 229 Å². The first-order chi connectivity index (χ1) is 27.8. The summed E-state index contributed by atoms with van der Waals surface area (Å²) in [5, 5.41) is 4.71. The quantitative estimate of drug-likeness (QED) is 0.181. The Bertz CT molecular complexity index is 3180. The van der Waals surface area contributed by atoms with Crippen molar-refractivity contribution in [1.82, 2.24) is 4.57 Å². The van der Waals surface area contributed by atoms with E-state index >= 15 is 0 Å². The van der Waals surface area contributed by atoms with Gasteiger partial charge in [-0.05, 0) is 76.7 Å². The molecule has 1 aliphatic carbocycles. The van der Waals surface area contributed by atoms with Crippen LogP contribution < -0.4 is 9.64 Å². The van der Waals surface area contributed by atoms with Crippen molar-refractivity contribution in [2.45, 2.75) is 5.41 Å². The third-order valence-electron chi connectivity index (χ3n) is 12.0. The molecule has 56 heavy (non-hydrogen) atoms. The van der Waals surface area contributed by atoms with E-state index in [0.717, 1.165) is 50.8 Å². The van der Waals surface area contributed by atoms with Gasteiger partial charge in [0, 0.05) is 44.2 Å². The number of rotatable bonds is 4. The topological polar surface area (TPSA) is 17.4 Å². The van der Waals surface area contributed by atoms with Gasteiger partial charge < -0.3 is 14.2 Å². The molecule has 3 nitrogen and oxygen atoms in total. The third kappa shape index (κ3) is 4.12. The molecule has 0 bridgehead atoms. The van der Waals surface area contributed by atoms with Gasteiger partial charge in [0.2, 0.25) is 0 Å². The number of hydrogen-bond acceptors (Lipinski definition) is 2. The van der Waals surface area contributed by atoms with Crippen molar-refractivity contribution in [1.29, 1.82) is 0 Å². The van der Waals surface area contributed by atoms with Crippen molar-refractivity contribution in [3.63, 3.8) is 0 Å². The molecule has 10 aromatic rings. The minimum absolute atomic E-state index is 0.603. The zero-order valence-electron chi connectivity index (χ0n) is 30.4. The number of nitrogens with zero attached hydrogens (tertiary/aromatic N) is 2. The summed E-state index contributed by atoms with van der Waals surface area (Å²) in [6.07, 6.45) is 0. The fraction of sp³-hybridized carbons (Fsp3) is 0.0189. The predicted molar refractivity (Wildman–Crippen MR) is 230 cm³/mol. The molecule has 3 heteroatoms. The summed E-state index contributed by atoms with van der Waals surface area (Å²) >= 11 is 0. The Morgan fingerprint density at radius 2 is 1.07 bits per heavy atom. The largest absolute Gasteiger partial charge is 0.456 e. The van der Waals surface area contributed by atoms with Crippen LogP contribution in [0.5, 0.6) is 11.5 Å². The molecule has 0 saturated carbocycles. The van der Waals surface area contributed by atoms with Gasteiger partial charge in [-0.3, -0.25) is 0 Å². The Labute approximate surface area is 324 Å². The van der Waals surface area contributed by atoms with Crippen molar-refractivity contribution < 1.29 is 4.74 Å². The molecule has 262 valence electrons. The lowest BCUT2D eigenvalue weighted by Gasteiger charge is -2.40. The lowest BCUT2D eigenvalue weighted by molar-refractivity contribution is 0.441. The summed E-state index contributed by atoms with van der Waals surface area (Å²) in [6, 6.07) is 74.8. The first-order valence-electron chi connectivity index (χ1n) is 19.3. The monoisotopic (exact) mass is 714 g/mol. The van der Waals surface area contributed by atoms with Gasteiger partial charge in [-0.2, -0.15) is 0 Å². The second-order valence-electron chi connectivity index (χ2n) is 14.8. The van der Waals surface area contributed by atoms with E-state index in [1.54, 1.807) is 0 Å². The fourth-order valence-electron chi connectivity index (χ4n) is 9.87. The molecule has 0 saturated heterocycles. The summed E-state index contributed by atoms with van der Waals surface area (Å²) < 4.78 is 9.34. The third-order valence-corrected chi connectivity index (χ3v) is 12.0. The lowest BCUT2D eigenvalue weighted by Crippen LogP contribution is -2.32. The van der Waals surface area contributed by atoms with Crippen molar-refractivity contribution in [2.75, 3.05) is 4.90 Å². The van der Waals surface area contributed by atoms with E-state index in [2.05, 4.69) is 216 Å². The number of hydrogen-bond donors (Lipinski definition) is 0. The van der Waals surface area contributed by atoms with Gasteiger partial charge in [0.15, 0.2) is 0 Å². The second-order valence-corrected chi connectivity index (χ2v) is 14.8. The highest BCUT2D eigenvalue weighted by atomic mass is 16.5. The maximum atomic E-state index is 6.94. The van der Waals surface area contributed by atoms with Crippen LogP contribution >= 0.6 is 0 Å². The van der Waals surface area contributed by atoms with Gasteiger partial charge in [0.05, 0.1) is 27.8 Å². The number of fused-ring (bicyclic) bond motifs is 14. The molecule has 2 aliphatic rings. The zero-order valence-corrected chi connectivity index (χ0v) is 30.4. The first-order valence-corrected chi connectivity index (χ1v) is 19.3. The van der Waals surface area contributed by atoms with E-state index in [1.807, 2.05) is 0 Å². The first kappa shape index (κ1) is 31.0. The highest BCUT2D eigenvalue weighted by Gasteiger charge is 2.52. The van der Waals surface area contributed by atoms with Crippen LogP contribution in [0.3, 0.4) is 0 Å². The van der Waals surface area contributed by atoms with Crippen LogP contribution in [-0.2, 0) is 5.41 Å². The Morgan fingerprint density at radius 3 is 1.95 bits per heavy atom. The number of anilines is 3. The van der Waals surface area contributed by atoms with Gasteiger partial charge in [-0.25, -0.2) is 0 Å². The molecule has 0 N–H and O–H groups in total. The summed E-state index contributed by atoms with van der Waals surface area (Å²) in [5.41, 5.74) is 13.5. The SMILES string of the molecule is c1ccc(N(c2cccc3c2-c2ccccc2C32c3ccccc3Oc3c2ccc2ccccc32)c2cccc3c2c2ccccc2n3-c2ccccc2)cc1. The molecule has 0 amide bonds. The summed E-state index contributed by atoms with van der Waals surface area (Å²) in [5.74, 6) is 1.82. The number of benzene rings is 9. The van der Waals surface area contributed by atoms with Gasteiger partial charge >= 0.3 is 0 Å². The summed E-state index contributed by atoms with van der Waals surface area (Å²) in [6.45, 7) is 0. The molecule has 0 fully saturated rings. The van der Waals surface area contributed by atoms with E-state index in [9.17, 15) is 0 Å². The van der Waals surface area contributed by atoms with Crippen molar-refractivity contribution in [3.8, 4) is 28.3 Å². The van der Waals surface area contributed by atoms with E-state index in [0.29, 0.717) is 0 Å². The van der Waals surface area contributed by atoms with Crippen LogP contribution in [0.2, 0.25) is 0 Å². The van der Waals surface area contributed by atoms with E-state index in [-0.39, 0.29) is 0 Å². The average Bonchev–Trinajstić information content (AvgIpc) is 3.76. The number of para-hydroxylation sites is 4. The van der Waals surface area contributed by atoms with Crippen LogP contribution in [0.25, 0.3) is 49.4 Å². The van der Waals surface area contributed by atoms with E-state index < -0.39 is 5.41 Å². The smallest absolute Gasteiger partial charge is 0.140 e. The van der Waals surface area contributed by atoms with Crippen LogP contribution in [0, 0.1) is 0 Å². The van der Waals surface area contributed by atoms with Gasteiger partial charge in [-0.1, -0.05) is 152 Å². The number of ether oxygens (including phenoxy) is 1. The highest BCUT2D eigenvalue weighted by molar-refractivity contribution is 6.17. The van der Waals surface area contributed by atoms with Gasteiger partial charge in [0.25, 0.3) is 0 Å². The van der Waals surface area contributed by atoms with Gasteiger partial charge in [0.1, 0.15) is 11.5 Å². The Balaban J connectivity index is 1.21. The zero-order chi connectivity index (χ0) is 36.8. The van der Waals surface area contributed by atoms with Gasteiger partial charge in [-0.15, -0.1) is 0 Å². The van der Waals surface area contributed by atoms with Crippen LogP contribution in [0.15, 0.2) is 206 Å². The lowest BCUT2D eigenvalue weighted by atomic mass is 9.65. The van der Waals surface area contributed by atoms with Crippen LogP contribution in [0.4, 0.5) is 17.1 Å². The molecule has 9 aromatic carbocycles. The molecular formula is C53H34N2O. The standard InChI is InChI=1S/C53H34N2O/c1-3-18-36(19-4-1)54-45-28-13-10-24-40(45)51-47(54)30-16-31-48(51)55(37-20-5-2-6-21-37)46-29-15-27-43-50(46)39-23-9-11-25-41(39)53(43)42-26-12-14-32-49(42)56-52-38-22-8-7-17-35(38)33-34-44(52)53/h1-34H. The van der Waals surface area contributed by atoms with Crippen LogP contribution in [-0.4, -0.2) is 4.57 Å². The molecule has 1 unspecified atom stereocenters. The minimum Gasteiger partial charge on any atom is -0.456 e. The maximum Gasteiger partial charge on any atom is 0.140 e. The number of aromatic nitrogens is 1. The molecule has 1 spiro atoms. The minimum atomic E-state index is -0.603. The van der Waals surface area contributed by atoms with Crippen molar-refractivity contribution >= 4 is 49.6 Å². The average molecular weight is 715 g/mol. The molecule has 2 heterocycles. The van der Waals surface area contributed by atoms with Crippen molar-refractivity contribution in [2.24, 2.45) is 0 Å². The second kappa shape index (κ2) is 11.8. The Kier molecular flexibility index (Phi) is 6.55. The molecule has 1 atom stereocenters. The Hall–Kier alpha value is -7.36. The molecule has 0 radical (unpaired) electrons. The van der Waals surface area contributed by atoms with E-state index in [4.69, 9.17) is 4.74 Å². The maximum absolute atomic E-state index is 6.94.